The number of pyridine rings is 1. The number of methoxy groups -OCH3 is 1. The van der Waals surface area contributed by atoms with Crippen molar-refractivity contribution in [1.29, 1.82) is 0 Å². The molecule has 204 valence electrons. The topological polar surface area (TPSA) is 102 Å². The van der Waals surface area contributed by atoms with Gasteiger partial charge in [0.2, 0.25) is 5.78 Å². The summed E-state index contributed by atoms with van der Waals surface area (Å²) in [4.78, 5) is 32.9. The SMILES string of the molecule is COc1cc(Cl)cc2cc(C(=O)C3=C(O)C(=O)N(c4ccc(OCc5ccccc5)cc4)C3c3cccnc3)oc12. The number of amides is 1. The number of benzene rings is 3. The van der Waals surface area contributed by atoms with Gasteiger partial charge in [0.1, 0.15) is 12.4 Å². The third kappa shape index (κ3) is 4.90. The van der Waals surface area contributed by atoms with E-state index in [4.69, 9.17) is 25.5 Å². The van der Waals surface area contributed by atoms with Crippen LogP contribution in [0.15, 0.2) is 113 Å². The van der Waals surface area contributed by atoms with Gasteiger partial charge in [0.05, 0.1) is 18.7 Å². The van der Waals surface area contributed by atoms with Crippen molar-refractivity contribution in [3.8, 4) is 11.5 Å². The van der Waals surface area contributed by atoms with Crippen LogP contribution in [0.1, 0.15) is 27.7 Å². The lowest BCUT2D eigenvalue weighted by molar-refractivity contribution is -0.117. The molecule has 41 heavy (non-hydrogen) atoms. The molecule has 0 bridgehead atoms. The Bertz CT molecular complexity index is 1780. The van der Waals surface area contributed by atoms with Crippen LogP contribution >= 0.6 is 11.6 Å². The van der Waals surface area contributed by atoms with Crippen molar-refractivity contribution < 1.29 is 28.6 Å². The van der Waals surface area contributed by atoms with Crippen LogP contribution in [-0.4, -0.2) is 28.9 Å². The monoisotopic (exact) mass is 566 g/mol. The molecule has 0 spiro atoms. The number of aliphatic hydroxyl groups is 1. The lowest BCUT2D eigenvalue weighted by atomic mass is 9.96. The molecule has 1 N–H and O–H groups in total. The molecule has 1 aliphatic heterocycles. The Morgan fingerprint density at radius 3 is 2.54 bits per heavy atom. The van der Waals surface area contributed by atoms with E-state index in [-0.39, 0.29) is 11.3 Å². The van der Waals surface area contributed by atoms with E-state index in [2.05, 4.69) is 4.98 Å². The average molecular weight is 567 g/mol. The molecule has 6 rings (SSSR count). The van der Waals surface area contributed by atoms with Gasteiger partial charge in [0.15, 0.2) is 22.9 Å². The van der Waals surface area contributed by atoms with Crippen molar-refractivity contribution in [2.24, 2.45) is 0 Å². The summed E-state index contributed by atoms with van der Waals surface area (Å²) in [5, 5.41) is 12.0. The number of carbonyl (C=O) groups is 2. The fourth-order valence-electron chi connectivity index (χ4n) is 4.88. The minimum absolute atomic E-state index is 0.0738. The molecule has 1 aliphatic rings. The van der Waals surface area contributed by atoms with Gasteiger partial charge in [-0.3, -0.25) is 19.5 Å². The summed E-state index contributed by atoms with van der Waals surface area (Å²) in [7, 11) is 1.47. The van der Waals surface area contributed by atoms with Crippen LogP contribution in [0.2, 0.25) is 5.02 Å². The van der Waals surface area contributed by atoms with E-state index in [9.17, 15) is 14.7 Å². The van der Waals surface area contributed by atoms with Gasteiger partial charge in [-0.25, -0.2) is 0 Å². The van der Waals surface area contributed by atoms with Crippen LogP contribution < -0.4 is 14.4 Å². The van der Waals surface area contributed by atoms with E-state index in [1.54, 1.807) is 60.9 Å². The molecule has 0 radical (unpaired) electrons. The zero-order valence-corrected chi connectivity index (χ0v) is 22.5. The second-order valence-electron chi connectivity index (χ2n) is 9.36. The predicted octanol–water partition coefficient (Wildman–Crippen LogP) is 6.85. The summed E-state index contributed by atoms with van der Waals surface area (Å²) in [6.45, 7) is 0.385. The average Bonchev–Trinajstić information content (AvgIpc) is 3.55. The Hall–Kier alpha value is -5.08. The fraction of sp³-hybridized carbons (Fsp3) is 0.0938. The number of nitrogens with zero attached hydrogens (tertiary/aromatic N) is 2. The standard InChI is InChI=1S/C32H23ClN2O6/c1-39-26-16-22(33)14-21-15-25(41-31(21)26)29(36)27-28(20-8-5-13-34-17-20)35(32(38)30(27)37)23-9-11-24(12-10-23)40-18-19-6-3-2-4-7-19/h2-17,28,37H,18H2,1H3. The van der Waals surface area contributed by atoms with Crippen molar-refractivity contribution in [2.75, 3.05) is 12.0 Å². The summed E-state index contributed by atoms with van der Waals surface area (Å²) in [5.74, 6) is -1.16. The zero-order chi connectivity index (χ0) is 28.5. The highest BCUT2D eigenvalue weighted by Gasteiger charge is 2.45. The molecule has 1 unspecified atom stereocenters. The normalized spacial score (nSPS) is 15.0. The molecule has 0 fully saturated rings. The summed E-state index contributed by atoms with van der Waals surface area (Å²) < 4.78 is 17.1. The molecular formula is C32H23ClN2O6. The lowest BCUT2D eigenvalue weighted by Crippen LogP contribution is -2.31. The number of Topliss-reactive ketones (excluding diaryl/α,β-unsaturated/α-hetero) is 1. The first-order valence-corrected chi connectivity index (χ1v) is 13.1. The van der Waals surface area contributed by atoms with E-state index in [0.717, 1.165) is 5.56 Å². The molecule has 0 saturated heterocycles. The maximum atomic E-state index is 13.9. The van der Waals surface area contributed by atoms with Crippen molar-refractivity contribution in [3.63, 3.8) is 0 Å². The summed E-state index contributed by atoms with van der Waals surface area (Å²) in [6.07, 6.45) is 3.14. The van der Waals surface area contributed by atoms with E-state index in [1.165, 1.54) is 18.1 Å². The van der Waals surface area contributed by atoms with Gasteiger partial charge in [0, 0.05) is 34.6 Å². The summed E-state index contributed by atoms with van der Waals surface area (Å²) >= 11 is 6.19. The Morgan fingerprint density at radius 2 is 1.83 bits per heavy atom. The first-order valence-electron chi connectivity index (χ1n) is 12.7. The Morgan fingerprint density at radius 1 is 1.05 bits per heavy atom. The molecule has 9 heteroatoms. The maximum Gasteiger partial charge on any atom is 0.294 e. The number of ketones is 1. The van der Waals surface area contributed by atoms with E-state index >= 15 is 0 Å². The molecule has 1 amide bonds. The zero-order valence-electron chi connectivity index (χ0n) is 21.8. The van der Waals surface area contributed by atoms with Crippen LogP contribution in [0, 0.1) is 0 Å². The van der Waals surface area contributed by atoms with Crippen LogP contribution in [0.25, 0.3) is 11.0 Å². The third-order valence-corrected chi connectivity index (χ3v) is 7.03. The van der Waals surface area contributed by atoms with E-state index < -0.39 is 23.5 Å². The van der Waals surface area contributed by atoms with Gasteiger partial charge in [-0.15, -0.1) is 0 Å². The molecule has 2 aromatic heterocycles. The van der Waals surface area contributed by atoms with Gasteiger partial charge in [-0.1, -0.05) is 48.0 Å². The van der Waals surface area contributed by atoms with Crippen molar-refractivity contribution in [1.82, 2.24) is 4.98 Å². The van der Waals surface area contributed by atoms with E-state index in [0.29, 0.717) is 45.3 Å². The highest BCUT2D eigenvalue weighted by Crippen LogP contribution is 2.43. The highest BCUT2D eigenvalue weighted by molar-refractivity contribution is 6.31. The molecule has 5 aromatic rings. The minimum atomic E-state index is -0.960. The second kappa shape index (κ2) is 10.8. The molecule has 0 aliphatic carbocycles. The summed E-state index contributed by atoms with van der Waals surface area (Å²) in [5.41, 5.74) is 2.21. The van der Waals surface area contributed by atoms with Gasteiger partial charge < -0.3 is 19.0 Å². The molecular weight excluding hydrogens is 544 g/mol. The second-order valence-corrected chi connectivity index (χ2v) is 9.80. The number of fused-ring (bicyclic) bond motifs is 1. The maximum absolute atomic E-state index is 13.9. The number of aliphatic hydroxyl groups excluding tert-OH is 1. The smallest absolute Gasteiger partial charge is 0.294 e. The van der Waals surface area contributed by atoms with Crippen LogP contribution in [-0.2, 0) is 11.4 Å². The number of hydrogen-bond acceptors (Lipinski definition) is 7. The van der Waals surface area contributed by atoms with Gasteiger partial charge in [-0.05, 0) is 53.6 Å². The number of carbonyl (C=O) groups excluding carboxylic acids is 2. The number of ether oxygens (including phenoxy) is 2. The first-order chi connectivity index (χ1) is 19.9. The Kier molecular flexibility index (Phi) is 6.91. The van der Waals surface area contributed by atoms with Gasteiger partial charge >= 0.3 is 0 Å². The molecule has 1 atom stereocenters. The minimum Gasteiger partial charge on any atom is -0.503 e. The molecule has 3 aromatic carbocycles. The quantitative estimate of drug-likeness (QED) is 0.205. The van der Waals surface area contributed by atoms with E-state index in [1.807, 2.05) is 30.3 Å². The van der Waals surface area contributed by atoms with Crippen molar-refractivity contribution in [2.45, 2.75) is 12.6 Å². The molecule has 8 nitrogen and oxygen atoms in total. The number of halogens is 1. The number of rotatable bonds is 8. The first kappa shape index (κ1) is 26.2. The Balaban J connectivity index is 1.35. The Labute approximate surface area is 240 Å². The molecule has 3 heterocycles. The number of furan rings is 1. The number of aromatic nitrogens is 1. The third-order valence-electron chi connectivity index (χ3n) is 6.81. The number of anilines is 1. The van der Waals surface area contributed by atoms with Crippen LogP contribution in [0.5, 0.6) is 11.5 Å². The van der Waals surface area contributed by atoms with Gasteiger partial charge in [-0.2, -0.15) is 0 Å². The fourth-order valence-corrected chi connectivity index (χ4v) is 5.10. The van der Waals surface area contributed by atoms with Gasteiger partial charge in [0.25, 0.3) is 5.91 Å². The van der Waals surface area contributed by atoms with Crippen LogP contribution in [0.3, 0.4) is 0 Å². The summed E-state index contributed by atoms with van der Waals surface area (Å²) in [6, 6.07) is 23.8. The van der Waals surface area contributed by atoms with Crippen molar-refractivity contribution in [3.05, 3.63) is 131 Å². The predicted molar refractivity (Wildman–Crippen MR) is 153 cm³/mol. The van der Waals surface area contributed by atoms with Crippen LogP contribution in [0.4, 0.5) is 5.69 Å². The molecule has 0 saturated carbocycles. The lowest BCUT2D eigenvalue weighted by Gasteiger charge is -2.26. The van der Waals surface area contributed by atoms with Crippen molar-refractivity contribution >= 4 is 39.9 Å². The number of hydrogen-bond donors (Lipinski definition) is 1. The highest BCUT2D eigenvalue weighted by atomic mass is 35.5. The largest absolute Gasteiger partial charge is 0.503 e.